The topological polar surface area (TPSA) is 58.6 Å². The number of hydrogen-bond acceptors (Lipinski definition) is 4. The van der Waals surface area contributed by atoms with Gasteiger partial charge in [-0.15, -0.1) is 0 Å². The van der Waals surface area contributed by atoms with Crippen LogP contribution in [0.15, 0.2) is 84.9 Å². The molecule has 39 heavy (non-hydrogen) atoms. The highest BCUT2D eigenvalue weighted by molar-refractivity contribution is 6.99. The van der Waals surface area contributed by atoms with E-state index in [0.717, 1.165) is 24.2 Å². The number of para-hydroxylation sites is 1. The van der Waals surface area contributed by atoms with Gasteiger partial charge in [0.1, 0.15) is 5.78 Å². The third kappa shape index (κ3) is 4.12. The van der Waals surface area contributed by atoms with E-state index >= 15 is 0 Å². The number of rotatable bonds is 6. The van der Waals surface area contributed by atoms with Crippen molar-refractivity contribution in [2.75, 3.05) is 25.0 Å². The fourth-order valence-electron chi connectivity index (χ4n) is 7.53. The first-order valence-electron chi connectivity index (χ1n) is 14.2. The molecule has 6 rings (SSSR count). The molecule has 3 aliphatic rings. The summed E-state index contributed by atoms with van der Waals surface area (Å²) in [5.74, 6) is 0.258. The van der Waals surface area contributed by atoms with Gasteiger partial charge in [0.25, 0.3) is 8.32 Å². The highest BCUT2D eigenvalue weighted by Crippen LogP contribution is 2.51. The number of Topliss-reactive ketones (excluding diaryl/α,β-unsaturated/α-hetero) is 1. The lowest BCUT2D eigenvalue weighted by Gasteiger charge is -2.44. The number of nitrogens with one attached hydrogen (secondary N) is 1. The van der Waals surface area contributed by atoms with Gasteiger partial charge in [0.05, 0.1) is 12.0 Å². The van der Waals surface area contributed by atoms with Gasteiger partial charge in [-0.3, -0.25) is 14.5 Å². The Morgan fingerprint density at radius 2 is 1.54 bits per heavy atom. The van der Waals surface area contributed by atoms with Crippen LogP contribution < -0.4 is 15.7 Å². The maximum Gasteiger partial charge on any atom is 0.261 e. The number of carbonyl (C=O) groups is 2. The summed E-state index contributed by atoms with van der Waals surface area (Å²) in [6.07, 6.45) is 2.14. The molecule has 2 fully saturated rings. The zero-order chi connectivity index (χ0) is 27.3. The molecule has 0 saturated carbocycles. The van der Waals surface area contributed by atoms with E-state index in [0.29, 0.717) is 26.0 Å². The Morgan fingerprint density at radius 3 is 2.18 bits per heavy atom. The first-order valence-corrected chi connectivity index (χ1v) is 16.1. The Kier molecular flexibility index (Phi) is 6.61. The van der Waals surface area contributed by atoms with Gasteiger partial charge < -0.3 is 9.74 Å². The fraction of sp³-hybridized carbons (Fsp3) is 0.394. The number of benzene rings is 3. The lowest BCUT2D eigenvalue weighted by atomic mass is 9.70. The van der Waals surface area contributed by atoms with E-state index in [2.05, 4.69) is 97.7 Å². The van der Waals surface area contributed by atoms with Crippen molar-refractivity contribution in [1.29, 1.82) is 0 Å². The van der Waals surface area contributed by atoms with Gasteiger partial charge in [0.2, 0.25) is 5.91 Å². The summed E-state index contributed by atoms with van der Waals surface area (Å²) < 4.78 is 7.12. The molecule has 6 heteroatoms. The molecule has 3 aliphatic heterocycles. The van der Waals surface area contributed by atoms with Crippen molar-refractivity contribution < 1.29 is 14.0 Å². The van der Waals surface area contributed by atoms with Crippen molar-refractivity contribution in [3.05, 3.63) is 90.5 Å². The van der Waals surface area contributed by atoms with Crippen molar-refractivity contribution in [3.8, 4) is 0 Å². The Hall–Kier alpha value is -3.06. The van der Waals surface area contributed by atoms with Crippen LogP contribution >= 0.6 is 0 Å². The average molecular weight is 539 g/mol. The predicted octanol–water partition coefficient (Wildman–Crippen LogP) is 4.51. The van der Waals surface area contributed by atoms with E-state index in [1.54, 1.807) is 0 Å². The molecule has 0 aromatic heterocycles. The summed E-state index contributed by atoms with van der Waals surface area (Å²) in [4.78, 5) is 29.1. The Morgan fingerprint density at radius 1 is 0.923 bits per heavy atom. The molecule has 3 aromatic carbocycles. The van der Waals surface area contributed by atoms with Crippen LogP contribution in [0.5, 0.6) is 0 Å². The summed E-state index contributed by atoms with van der Waals surface area (Å²) in [6, 6.07) is 29.4. The number of amides is 1. The molecule has 3 aromatic rings. The summed E-state index contributed by atoms with van der Waals surface area (Å²) >= 11 is 0. The molecular weight excluding hydrogens is 500 g/mol. The molecule has 202 valence electrons. The van der Waals surface area contributed by atoms with E-state index in [1.807, 2.05) is 18.2 Å². The van der Waals surface area contributed by atoms with Gasteiger partial charge >= 0.3 is 0 Å². The largest absolute Gasteiger partial charge is 0.407 e. The molecule has 0 radical (unpaired) electrons. The molecular formula is C33H38N2O3Si. The second-order valence-electron chi connectivity index (χ2n) is 12.4. The third-order valence-corrected chi connectivity index (χ3v) is 14.4. The molecule has 3 atom stereocenters. The number of ketones is 1. The zero-order valence-corrected chi connectivity index (χ0v) is 24.2. The molecule has 0 unspecified atom stereocenters. The second kappa shape index (κ2) is 9.84. The van der Waals surface area contributed by atoms with Gasteiger partial charge in [0.15, 0.2) is 0 Å². The Bertz CT molecular complexity index is 1330. The van der Waals surface area contributed by atoms with Crippen LogP contribution in [0.1, 0.15) is 45.6 Å². The van der Waals surface area contributed by atoms with E-state index in [1.165, 1.54) is 10.4 Å². The van der Waals surface area contributed by atoms with Crippen molar-refractivity contribution in [3.63, 3.8) is 0 Å². The van der Waals surface area contributed by atoms with Crippen LogP contribution in [-0.4, -0.2) is 50.6 Å². The predicted molar refractivity (Wildman–Crippen MR) is 158 cm³/mol. The van der Waals surface area contributed by atoms with Gasteiger partial charge in [0, 0.05) is 30.8 Å². The molecule has 1 amide bonds. The molecule has 1 spiro atoms. The third-order valence-electron chi connectivity index (χ3n) is 9.39. The van der Waals surface area contributed by atoms with E-state index in [4.69, 9.17) is 4.43 Å². The van der Waals surface area contributed by atoms with Crippen molar-refractivity contribution >= 4 is 36.1 Å². The van der Waals surface area contributed by atoms with Crippen LogP contribution in [0.3, 0.4) is 0 Å². The minimum absolute atomic E-state index is 0.0386. The summed E-state index contributed by atoms with van der Waals surface area (Å²) in [6.45, 7) is 8.56. The van der Waals surface area contributed by atoms with Crippen LogP contribution in [-0.2, 0) is 19.4 Å². The van der Waals surface area contributed by atoms with Gasteiger partial charge in [-0.25, -0.2) is 0 Å². The molecule has 2 saturated heterocycles. The standard InChI is InChI=1S/C33H38N2O3Si/c1-32(2,3)39(25-12-6-4-7-13-25,26-14-8-5-9-15-26)38-21-18-24-22-30-33(19-20-35(30)23-29(24)36)27-16-10-11-17-28(27)34-31(33)37/h4-17,24,30H,18-23H2,1-3H3,(H,34,37)/t24-,30-,33-/m0/s1. The lowest BCUT2D eigenvalue weighted by molar-refractivity contribution is -0.131. The highest BCUT2D eigenvalue weighted by Gasteiger charge is 2.59. The maximum atomic E-state index is 13.4. The normalized spacial score (nSPS) is 25.0. The van der Waals surface area contributed by atoms with Crippen LogP contribution in [0.25, 0.3) is 0 Å². The first kappa shape index (κ1) is 26.2. The van der Waals surface area contributed by atoms with E-state index in [9.17, 15) is 9.59 Å². The number of anilines is 1. The smallest absolute Gasteiger partial charge is 0.261 e. The number of nitrogens with zero attached hydrogens (tertiary/aromatic N) is 1. The number of hydrogen-bond donors (Lipinski definition) is 1. The summed E-state index contributed by atoms with van der Waals surface area (Å²) in [5.41, 5.74) is 1.46. The Labute approximate surface area is 232 Å². The summed E-state index contributed by atoms with van der Waals surface area (Å²) in [5, 5.41) is 5.53. The monoisotopic (exact) mass is 538 g/mol. The molecule has 5 nitrogen and oxygen atoms in total. The molecule has 0 aliphatic carbocycles. The minimum Gasteiger partial charge on any atom is -0.407 e. The Balaban J connectivity index is 1.27. The van der Waals surface area contributed by atoms with E-state index < -0.39 is 13.7 Å². The lowest BCUT2D eigenvalue weighted by Crippen LogP contribution is -2.66. The van der Waals surface area contributed by atoms with Crippen LogP contribution in [0, 0.1) is 5.92 Å². The fourth-order valence-corrected chi connectivity index (χ4v) is 12.1. The van der Waals surface area contributed by atoms with Crippen molar-refractivity contribution in [1.82, 2.24) is 4.90 Å². The first-order chi connectivity index (χ1) is 18.8. The van der Waals surface area contributed by atoms with Gasteiger partial charge in [-0.05, 0) is 46.3 Å². The quantitative estimate of drug-likeness (QED) is 0.470. The molecule has 3 heterocycles. The number of piperidine rings is 1. The number of carbonyl (C=O) groups excluding carboxylic acids is 2. The number of fused-ring (bicyclic) bond motifs is 4. The average Bonchev–Trinajstić information content (AvgIpc) is 3.44. The van der Waals surface area contributed by atoms with Crippen LogP contribution in [0.4, 0.5) is 5.69 Å². The maximum absolute atomic E-state index is 13.4. The molecule has 1 N–H and O–H groups in total. The minimum atomic E-state index is -2.66. The zero-order valence-electron chi connectivity index (χ0n) is 23.2. The van der Waals surface area contributed by atoms with Gasteiger partial charge in [-0.1, -0.05) is 99.6 Å². The van der Waals surface area contributed by atoms with Crippen LogP contribution in [0.2, 0.25) is 5.04 Å². The van der Waals surface area contributed by atoms with Gasteiger partial charge in [-0.2, -0.15) is 0 Å². The second-order valence-corrected chi connectivity index (χ2v) is 16.7. The van der Waals surface area contributed by atoms with Crippen molar-refractivity contribution in [2.24, 2.45) is 5.92 Å². The molecule has 0 bridgehead atoms. The SMILES string of the molecule is CC(C)(C)[Si](OCC[C@H]1C[C@@H]2N(CC[C@@]23C(=O)Nc2ccccc23)CC1=O)(c1ccccc1)c1ccccc1. The van der Waals surface area contributed by atoms with E-state index in [-0.39, 0.29) is 28.7 Å². The highest BCUT2D eigenvalue weighted by atomic mass is 28.4. The summed E-state index contributed by atoms with van der Waals surface area (Å²) in [7, 11) is -2.66. The van der Waals surface area contributed by atoms with Crippen molar-refractivity contribution in [2.45, 2.75) is 56.5 Å².